The second-order valence-corrected chi connectivity index (χ2v) is 2.81. The molecule has 0 aromatic heterocycles. The van der Waals surface area contributed by atoms with Crippen LogP contribution in [0.4, 0.5) is 0 Å². The molecule has 0 amide bonds. The van der Waals surface area contributed by atoms with Crippen molar-refractivity contribution < 1.29 is 9.53 Å². The molecule has 1 aliphatic carbocycles. The Balaban J connectivity index is 2.45. The molecule has 1 fully saturated rings. The van der Waals surface area contributed by atoms with Crippen molar-refractivity contribution in [3.8, 4) is 6.07 Å². The Morgan fingerprint density at radius 3 is 2.91 bits per heavy atom. The summed E-state index contributed by atoms with van der Waals surface area (Å²) >= 11 is 0. The van der Waals surface area contributed by atoms with Gasteiger partial charge in [-0.1, -0.05) is 0 Å². The lowest BCUT2D eigenvalue weighted by Crippen LogP contribution is -2.19. The van der Waals surface area contributed by atoms with Crippen LogP contribution < -0.4 is 0 Å². The fraction of sp³-hybridized carbons (Fsp3) is 0.750. The fourth-order valence-corrected chi connectivity index (χ4v) is 1.43. The van der Waals surface area contributed by atoms with Crippen molar-refractivity contribution in [3.05, 3.63) is 0 Å². The van der Waals surface area contributed by atoms with Crippen molar-refractivity contribution in [2.45, 2.75) is 32.3 Å². The van der Waals surface area contributed by atoms with Gasteiger partial charge in [0.05, 0.1) is 12.0 Å². The van der Waals surface area contributed by atoms with Crippen LogP contribution in [0.2, 0.25) is 0 Å². The number of esters is 1. The first-order valence-corrected chi connectivity index (χ1v) is 3.81. The third kappa shape index (κ3) is 1.94. The van der Waals surface area contributed by atoms with E-state index in [0.29, 0.717) is 0 Å². The van der Waals surface area contributed by atoms with Crippen molar-refractivity contribution in [3.63, 3.8) is 0 Å². The van der Waals surface area contributed by atoms with E-state index in [1.807, 2.05) is 0 Å². The zero-order valence-corrected chi connectivity index (χ0v) is 6.54. The SMILES string of the molecule is CC(=O)O[C@@H]1CCC[C@@H]1C#N. The number of hydrogen-bond donors (Lipinski definition) is 0. The van der Waals surface area contributed by atoms with Gasteiger partial charge in [0.1, 0.15) is 6.10 Å². The average Bonchev–Trinajstić information content (AvgIpc) is 2.34. The molecule has 60 valence electrons. The smallest absolute Gasteiger partial charge is 0.302 e. The van der Waals surface area contributed by atoms with Crippen molar-refractivity contribution in [2.24, 2.45) is 5.92 Å². The van der Waals surface area contributed by atoms with Crippen LogP contribution in [0.15, 0.2) is 0 Å². The van der Waals surface area contributed by atoms with Crippen LogP contribution in [-0.2, 0) is 9.53 Å². The lowest BCUT2D eigenvalue weighted by atomic mass is 10.1. The highest BCUT2D eigenvalue weighted by molar-refractivity contribution is 5.66. The van der Waals surface area contributed by atoms with Crippen molar-refractivity contribution in [1.29, 1.82) is 5.26 Å². The minimum Gasteiger partial charge on any atom is -0.461 e. The molecule has 0 spiro atoms. The predicted octanol–water partition coefficient (Wildman–Crippen LogP) is 1.24. The molecule has 0 heterocycles. The number of nitrogens with zero attached hydrogens (tertiary/aromatic N) is 1. The van der Waals surface area contributed by atoms with Crippen LogP contribution in [0.5, 0.6) is 0 Å². The Bertz CT molecular complexity index is 195. The lowest BCUT2D eigenvalue weighted by Gasteiger charge is -2.12. The van der Waals surface area contributed by atoms with E-state index in [2.05, 4.69) is 6.07 Å². The highest BCUT2D eigenvalue weighted by atomic mass is 16.5. The molecular weight excluding hydrogens is 142 g/mol. The summed E-state index contributed by atoms with van der Waals surface area (Å²) in [5.74, 6) is -0.351. The third-order valence-electron chi connectivity index (χ3n) is 1.94. The van der Waals surface area contributed by atoms with E-state index in [1.54, 1.807) is 0 Å². The monoisotopic (exact) mass is 153 g/mol. The molecule has 2 atom stereocenters. The van der Waals surface area contributed by atoms with Gasteiger partial charge in [-0.3, -0.25) is 4.79 Å². The molecule has 11 heavy (non-hydrogen) atoms. The predicted molar refractivity (Wildman–Crippen MR) is 38.5 cm³/mol. The normalized spacial score (nSPS) is 29.5. The van der Waals surface area contributed by atoms with Gasteiger partial charge in [-0.25, -0.2) is 0 Å². The maximum atomic E-state index is 10.5. The van der Waals surface area contributed by atoms with Crippen LogP contribution in [0.3, 0.4) is 0 Å². The van der Waals surface area contributed by atoms with E-state index in [4.69, 9.17) is 10.00 Å². The average molecular weight is 153 g/mol. The highest BCUT2D eigenvalue weighted by Crippen LogP contribution is 2.27. The van der Waals surface area contributed by atoms with E-state index in [-0.39, 0.29) is 18.0 Å². The van der Waals surface area contributed by atoms with Gasteiger partial charge in [0.2, 0.25) is 0 Å². The van der Waals surface area contributed by atoms with Gasteiger partial charge < -0.3 is 4.74 Å². The van der Waals surface area contributed by atoms with E-state index < -0.39 is 0 Å². The maximum Gasteiger partial charge on any atom is 0.302 e. The molecule has 0 radical (unpaired) electrons. The topological polar surface area (TPSA) is 50.1 Å². The number of nitriles is 1. The van der Waals surface area contributed by atoms with Crippen LogP contribution in [0.25, 0.3) is 0 Å². The number of carbonyl (C=O) groups is 1. The molecular formula is C8H11NO2. The molecule has 3 heteroatoms. The molecule has 0 unspecified atom stereocenters. The van der Waals surface area contributed by atoms with Crippen LogP contribution in [-0.4, -0.2) is 12.1 Å². The largest absolute Gasteiger partial charge is 0.461 e. The van der Waals surface area contributed by atoms with Crippen LogP contribution >= 0.6 is 0 Å². The minimum atomic E-state index is -0.280. The summed E-state index contributed by atoms with van der Waals surface area (Å²) in [7, 11) is 0. The minimum absolute atomic E-state index is 0.0705. The molecule has 1 saturated carbocycles. The molecule has 0 saturated heterocycles. The van der Waals surface area contributed by atoms with Gasteiger partial charge in [-0.15, -0.1) is 0 Å². The van der Waals surface area contributed by atoms with E-state index >= 15 is 0 Å². The molecule has 0 N–H and O–H groups in total. The molecule has 3 nitrogen and oxygen atoms in total. The second kappa shape index (κ2) is 3.38. The van der Waals surface area contributed by atoms with Gasteiger partial charge in [-0.2, -0.15) is 5.26 Å². The Labute approximate surface area is 66.0 Å². The molecule has 0 bridgehead atoms. The standard InChI is InChI=1S/C8H11NO2/c1-6(10)11-8-4-2-3-7(8)5-9/h7-8H,2-4H2,1H3/t7-,8-/m1/s1. The first-order chi connectivity index (χ1) is 5.24. The van der Waals surface area contributed by atoms with Gasteiger partial charge in [0.15, 0.2) is 0 Å². The summed E-state index contributed by atoms with van der Waals surface area (Å²) in [4.78, 5) is 10.5. The Morgan fingerprint density at radius 1 is 1.64 bits per heavy atom. The van der Waals surface area contributed by atoms with Crippen LogP contribution in [0.1, 0.15) is 26.2 Å². The van der Waals surface area contributed by atoms with Gasteiger partial charge >= 0.3 is 5.97 Å². The van der Waals surface area contributed by atoms with E-state index in [0.717, 1.165) is 19.3 Å². The van der Waals surface area contributed by atoms with E-state index in [9.17, 15) is 4.79 Å². The van der Waals surface area contributed by atoms with Crippen molar-refractivity contribution in [2.75, 3.05) is 0 Å². The quantitative estimate of drug-likeness (QED) is 0.532. The number of ether oxygens (including phenoxy) is 1. The Hall–Kier alpha value is -1.04. The maximum absolute atomic E-state index is 10.5. The summed E-state index contributed by atoms with van der Waals surface area (Å²) in [6, 6.07) is 2.14. The molecule has 0 aromatic rings. The molecule has 0 aliphatic heterocycles. The summed E-state index contributed by atoms with van der Waals surface area (Å²) in [5, 5.41) is 8.61. The zero-order valence-electron chi connectivity index (χ0n) is 6.54. The first-order valence-electron chi connectivity index (χ1n) is 3.81. The molecule has 1 rings (SSSR count). The van der Waals surface area contributed by atoms with Gasteiger partial charge in [0.25, 0.3) is 0 Å². The molecule has 0 aromatic carbocycles. The van der Waals surface area contributed by atoms with Gasteiger partial charge in [-0.05, 0) is 19.3 Å². The fourth-order valence-electron chi connectivity index (χ4n) is 1.43. The van der Waals surface area contributed by atoms with Crippen molar-refractivity contribution in [1.82, 2.24) is 0 Å². The summed E-state index contributed by atoms with van der Waals surface area (Å²) in [6.45, 7) is 1.38. The first kappa shape index (κ1) is 8.06. The van der Waals surface area contributed by atoms with Gasteiger partial charge in [0, 0.05) is 6.92 Å². The lowest BCUT2D eigenvalue weighted by molar-refractivity contribution is -0.147. The highest BCUT2D eigenvalue weighted by Gasteiger charge is 2.29. The molecule has 1 aliphatic rings. The van der Waals surface area contributed by atoms with Crippen LogP contribution in [0, 0.1) is 17.2 Å². The second-order valence-electron chi connectivity index (χ2n) is 2.81. The third-order valence-corrected chi connectivity index (χ3v) is 1.94. The number of rotatable bonds is 1. The summed E-state index contributed by atoms with van der Waals surface area (Å²) < 4.78 is 4.95. The number of hydrogen-bond acceptors (Lipinski definition) is 3. The summed E-state index contributed by atoms with van der Waals surface area (Å²) in [6.07, 6.45) is 2.57. The Kier molecular flexibility index (Phi) is 2.48. The number of carbonyl (C=O) groups excluding carboxylic acids is 1. The van der Waals surface area contributed by atoms with Crippen molar-refractivity contribution >= 4 is 5.97 Å². The Morgan fingerprint density at radius 2 is 2.36 bits per heavy atom. The van der Waals surface area contributed by atoms with E-state index in [1.165, 1.54) is 6.92 Å². The summed E-state index contributed by atoms with van der Waals surface area (Å²) in [5.41, 5.74) is 0. The zero-order chi connectivity index (χ0) is 8.27.